The van der Waals surface area contributed by atoms with E-state index in [1.54, 1.807) is 11.3 Å². The van der Waals surface area contributed by atoms with E-state index in [4.69, 9.17) is 0 Å². The molecule has 0 radical (unpaired) electrons. The zero-order valence-corrected chi connectivity index (χ0v) is 12.5. The maximum atomic E-state index is 12.7. The molecule has 0 aliphatic heterocycles. The summed E-state index contributed by atoms with van der Waals surface area (Å²) in [7, 11) is 0. The molecule has 1 aliphatic carbocycles. The fourth-order valence-electron chi connectivity index (χ4n) is 2.34. The van der Waals surface area contributed by atoms with Gasteiger partial charge in [-0.1, -0.05) is 30.3 Å². The molecule has 0 spiro atoms. The Bertz CT molecular complexity index is 577. The summed E-state index contributed by atoms with van der Waals surface area (Å²) in [6.45, 7) is 2.04. The molecule has 0 saturated heterocycles. The quantitative estimate of drug-likeness (QED) is 0.747. The Morgan fingerprint density at radius 1 is 1.28 bits per heavy atom. The van der Waals surface area contributed by atoms with Crippen LogP contribution < -0.4 is 0 Å². The average Bonchev–Trinajstić information content (AvgIpc) is 3.13. The number of Topliss-reactive ketones (excluding diaryl/α,β-unsaturated/α-hetero) is 1. The molecular weight excluding hydrogens is 308 g/mol. The van der Waals surface area contributed by atoms with Crippen LogP contribution >= 0.6 is 27.3 Å². The number of hydrogen-bond acceptors (Lipinski definition) is 2. The molecular formula is C15H13BrOS. The van der Waals surface area contributed by atoms with E-state index in [-0.39, 0.29) is 11.2 Å². The summed E-state index contributed by atoms with van der Waals surface area (Å²) in [6, 6.07) is 12.1. The van der Waals surface area contributed by atoms with Gasteiger partial charge < -0.3 is 0 Å². The van der Waals surface area contributed by atoms with E-state index in [1.165, 1.54) is 4.88 Å². The average molecular weight is 321 g/mol. The summed E-state index contributed by atoms with van der Waals surface area (Å²) >= 11 is 5.07. The van der Waals surface area contributed by atoms with Gasteiger partial charge in [0.15, 0.2) is 5.78 Å². The van der Waals surface area contributed by atoms with Gasteiger partial charge in [-0.2, -0.15) is 0 Å². The van der Waals surface area contributed by atoms with Crippen LogP contribution in [0.15, 0.2) is 40.9 Å². The van der Waals surface area contributed by atoms with Gasteiger partial charge in [-0.15, -0.1) is 11.3 Å². The molecule has 1 fully saturated rings. The maximum Gasteiger partial charge on any atom is 0.183 e. The first-order valence-electron chi connectivity index (χ1n) is 6.00. The summed E-state index contributed by atoms with van der Waals surface area (Å²) < 4.78 is 1.04. The first-order chi connectivity index (χ1) is 8.63. The molecule has 0 atom stereocenters. The minimum Gasteiger partial charge on any atom is -0.292 e. The topological polar surface area (TPSA) is 17.1 Å². The van der Waals surface area contributed by atoms with Gasteiger partial charge in [0.1, 0.15) is 0 Å². The van der Waals surface area contributed by atoms with Crippen LogP contribution in [-0.2, 0) is 5.41 Å². The van der Waals surface area contributed by atoms with Crippen LogP contribution in [0.4, 0.5) is 0 Å². The second-order valence-corrected chi connectivity index (χ2v) is 6.90. The molecule has 18 heavy (non-hydrogen) atoms. The Morgan fingerprint density at radius 3 is 2.44 bits per heavy atom. The van der Waals surface area contributed by atoms with Crippen molar-refractivity contribution >= 4 is 33.0 Å². The number of aryl methyl sites for hydroxylation is 1. The number of hydrogen-bond donors (Lipinski definition) is 0. The lowest BCUT2D eigenvalue weighted by Crippen LogP contribution is -2.19. The second kappa shape index (κ2) is 4.32. The van der Waals surface area contributed by atoms with Gasteiger partial charge in [0, 0.05) is 9.35 Å². The Labute approximate surface area is 119 Å². The van der Waals surface area contributed by atoms with E-state index >= 15 is 0 Å². The molecule has 0 unspecified atom stereocenters. The Morgan fingerprint density at radius 2 is 1.94 bits per heavy atom. The second-order valence-electron chi connectivity index (χ2n) is 4.79. The van der Waals surface area contributed by atoms with Crippen LogP contribution in [0.3, 0.4) is 0 Å². The lowest BCUT2D eigenvalue weighted by atomic mass is 9.90. The first-order valence-corrected chi connectivity index (χ1v) is 7.61. The number of carbonyl (C=O) groups excluding carboxylic acids is 1. The highest BCUT2D eigenvalue weighted by molar-refractivity contribution is 9.10. The van der Waals surface area contributed by atoms with Crippen molar-refractivity contribution < 1.29 is 4.79 Å². The highest BCUT2D eigenvalue weighted by atomic mass is 79.9. The number of carbonyl (C=O) groups is 1. The van der Waals surface area contributed by atoms with Gasteiger partial charge in [-0.3, -0.25) is 4.79 Å². The van der Waals surface area contributed by atoms with Gasteiger partial charge in [-0.05, 0) is 47.3 Å². The van der Waals surface area contributed by atoms with E-state index in [2.05, 4.69) is 28.1 Å². The number of thiophene rings is 1. The van der Waals surface area contributed by atoms with E-state index in [0.29, 0.717) is 0 Å². The Balaban J connectivity index is 1.98. The third-order valence-electron chi connectivity index (χ3n) is 3.59. The highest BCUT2D eigenvalue weighted by Gasteiger charge is 2.51. The van der Waals surface area contributed by atoms with Gasteiger partial charge in [-0.25, -0.2) is 0 Å². The molecule has 1 saturated carbocycles. The number of benzene rings is 1. The third kappa shape index (κ3) is 1.86. The van der Waals surface area contributed by atoms with Crippen molar-refractivity contribution in [3.05, 3.63) is 56.2 Å². The summed E-state index contributed by atoms with van der Waals surface area (Å²) in [4.78, 5) is 14.7. The third-order valence-corrected chi connectivity index (χ3v) is 5.73. The van der Waals surface area contributed by atoms with Crippen molar-refractivity contribution in [2.75, 3.05) is 0 Å². The van der Waals surface area contributed by atoms with Crippen LogP contribution in [0.25, 0.3) is 0 Å². The van der Waals surface area contributed by atoms with Crippen LogP contribution in [0, 0.1) is 6.92 Å². The van der Waals surface area contributed by atoms with E-state index in [1.807, 2.05) is 31.2 Å². The van der Waals surface area contributed by atoms with E-state index in [0.717, 1.165) is 27.8 Å². The van der Waals surface area contributed by atoms with E-state index < -0.39 is 0 Å². The lowest BCUT2D eigenvalue weighted by Gasteiger charge is -2.12. The Hall–Kier alpha value is -0.930. The smallest absolute Gasteiger partial charge is 0.183 e. The molecule has 1 aromatic carbocycles. The Kier molecular flexibility index (Phi) is 2.91. The minimum atomic E-state index is -0.238. The molecule has 0 bridgehead atoms. The molecule has 1 heterocycles. The fraction of sp³-hybridized carbons (Fsp3) is 0.267. The van der Waals surface area contributed by atoms with Crippen molar-refractivity contribution in [3.63, 3.8) is 0 Å². The van der Waals surface area contributed by atoms with Crippen LogP contribution in [0.2, 0.25) is 0 Å². The summed E-state index contributed by atoms with van der Waals surface area (Å²) in [5.41, 5.74) is 0.926. The maximum absolute atomic E-state index is 12.7. The largest absolute Gasteiger partial charge is 0.292 e. The molecule has 1 aromatic heterocycles. The van der Waals surface area contributed by atoms with Crippen molar-refractivity contribution in [1.82, 2.24) is 0 Å². The van der Waals surface area contributed by atoms with Crippen LogP contribution in [-0.4, -0.2) is 5.78 Å². The molecule has 1 aliphatic rings. The predicted octanol–water partition coefficient (Wildman–Crippen LogP) is 4.73. The monoisotopic (exact) mass is 320 g/mol. The normalized spacial score (nSPS) is 16.6. The molecule has 3 rings (SSSR count). The van der Waals surface area contributed by atoms with Crippen LogP contribution in [0.1, 0.15) is 33.0 Å². The molecule has 1 nitrogen and oxygen atoms in total. The molecule has 0 amide bonds. The van der Waals surface area contributed by atoms with Crippen molar-refractivity contribution in [2.24, 2.45) is 0 Å². The van der Waals surface area contributed by atoms with Gasteiger partial charge in [0.05, 0.1) is 10.3 Å². The molecule has 92 valence electrons. The molecule has 0 N–H and O–H groups in total. The summed E-state index contributed by atoms with van der Waals surface area (Å²) in [5, 5.41) is 0. The zero-order valence-electron chi connectivity index (χ0n) is 10.1. The summed E-state index contributed by atoms with van der Waals surface area (Å²) in [6.07, 6.45) is 1.95. The van der Waals surface area contributed by atoms with Crippen LogP contribution in [0.5, 0.6) is 0 Å². The number of rotatable bonds is 3. The van der Waals surface area contributed by atoms with E-state index in [9.17, 15) is 4.79 Å². The standard InChI is InChI=1S/C15H13BrOS/c1-10-12(16)9-13(18-10)14(17)15(7-8-15)11-5-3-2-4-6-11/h2-6,9H,7-8H2,1H3. The molecule has 2 aromatic rings. The first kappa shape index (κ1) is 12.1. The van der Waals surface area contributed by atoms with Gasteiger partial charge in [0.25, 0.3) is 0 Å². The zero-order chi connectivity index (χ0) is 12.8. The SMILES string of the molecule is Cc1sc(C(=O)C2(c3ccccc3)CC2)cc1Br. The highest BCUT2D eigenvalue weighted by Crippen LogP contribution is 2.51. The van der Waals surface area contributed by atoms with Crippen molar-refractivity contribution in [3.8, 4) is 0 Å². The van der Waals surface area contributed by atoms with Crippen molar-refractivity contribution in [1.29, 1.82) is 0 Å². The predicted molar refractivity (Wildman–Crippen MR) is 78.4 cm³/mol. The molecule has 3 heteroatoms. The summed E-state index contributed by atoms with van der Waals surface area (Å²) in [5.74, 6) is 0.285. The number of ketones is 1. The van der Waals surface area contributed by atoms with Crippen molar-refractivity contribution in [2.45, 2.75) is 25.2 Å². The number of halogens is 1. The van der Waals surface area contributed by atoms with Gasteiger partial charge >= 0.3 is 0 Å². The fourth-order valence-corrected chi connectivity index (χ4v) is 3.91. The lowest BCUT2D eigenvalue weighted by molar-refractivity contribution is 0.0950. The minimum absolute atomic E-state index is 0.238. The van der Waals surface area contributed by atoms with Gasteiger partial charge in [0.2, 0.25) is 0 Å².